The summed E-state index contributed by atoms with van der Waals surface area (Å²) in [4.78, 5) is 27.4. The Bertz CT molecular complexity index is 774. The fourth-order valence-corrected chi connectivity index (χ4v) is 3.50. The van der Waals surface area contributed by atoms with Crippen molar-refractivity contribution in [2.75, 3.05) is 18.0 Å². The van der Waals surface area contributed by atoms with Crippen LogP contribution in [-0.4, -0.2) is 24.7 Å². The van der Waals surface area contributed by atoms with Crippen molar-refractivity contribution in [1.29, 1.82) is 0 Å². The smallest absolute Gasteiger partial charge is 0.197 e. The second kappa shape index (κ2) is 5.51. The third-order valence-corrected chi connectivity index (χ3v) is 4.71. The third-order valence-electron chi connectivity index (χ3n) is 4.71. The number of carbonyl (C=O) groups is 2. The van der Waals surface area contributed by atoms with Crippen LogP contribution in [0.3, 0.4) is 0 Å². The number of anilines is 1. The van der Waals surface area contributed by atoms with Crippen LogP contribution < -0.4 is 4.90 Å². The van der Waals surface area contributed by atoms with Gasteiger partial charge in [0, 0.05) is 29.9 Å². The van der Waals surface area contributed by atoms with Gasteiger partial charge in [0.15, 0.2) is 11.6 Å². The number of hydrogen-bond donors (Lipinski definition) is 0. The van der Waals surface area contributed by atoms with E-state index in [0.29, 0.717) is 16.7 Å². The second-order valence-electron chi connectivity index (χ2n) is 6.00. The summed E-state index contributed by atoms with van der Waals surface area (Å²) in [6.45, 7) is 1.69. The topological polar surface area (TPSA) is 37.4 Å². The number of ketones is 2. The molecule has 0 amide bonds. The summed E-state index contributed by atoms with van der Waals surface area (Å²) in [6, 6.07) is 17.4. The minimum absolute atomic E-state index is 0.0891. The molecule has 1 fully saturated rings. The number of rotatable bonds is 1. The highest BCUT2D eigenvalue weighted by Crippen LogP contribution is 2.32. The summed E-state index contributed by atoms with van der Waals surface area (Å²) in [5.74, 6) is -0.178. The molecule has 4 rings (SSSR count). The molecular formula is C20H17NO2. The molecule has 0 saturated carbocycles. The summed E-state index contributed by atoms with van der Waals surface area (Å²) in [7, 11) is 0. The number of nitrogens with zero attached hydrogens (tertiary/aromatic N) is 1. The van der Waals surface area contributed by atoms with Crippen molar-refractivity contribution in [3.05, 3.63) is 76.9 Å². The first kappa shape index (κ1) is 13.9. The predicted molar refractivity (Wildman–Crippen MR) is 90.0 cm³/mol. The molecule has 0 aromatic heterocycles. The normalized spacial score (nSPS) is 17.7. The van der Waals surface area contributed by atoms with Gasteiger partial charge < -0.3 is 4.90 Å². The van der Waals surface area contributed by atoms with Gasteiger partial charge in [0.05, 0.1) is 5.57 Å². The van der Waals surface area contributed by atoms with E-state index in [1.807, 2.05) is 30.3 Å². The Balaban J connectivity index is 1.60. The van der Waals surface area contributed by atoms with Crippen molar-refractivity contribution in [3.63, 3.8) is 0 Å². The SMILES string of the molecule is O=C1C(=C2CCN(c3ccccc3)CC2)C(=O)c2ccccc21. The Labute approximate surface area is 135 Å². The van der Waals surface area contributed by atoms with Gasteiger partial charge in [-0.25, -0.2) is 0 Å². The highest BCUT2D eigenvalue weighted by atomic mass is 16.2. The summed E-state index contributed by atoms with van der Waals surface area (Å²) < 4.78 is 0. The first-order chi connectivity index (χ1) is 11.3. The van der Waals surface area contributed by atoms with Crippen molar-refractivity contribution in [2.45, 2.75) is 12.8 Å². The lowest BCUT2D eigenvalue weighted by Crippen LogP contribution is -2.31. The molecule has 2 aliphatic rings. The van der Waals surface area contributed by atoms with E-state index in [0.717, 1.165) is 31.5 Å². The molecule has 1 saturated heterocycles. The molecule has 23 heavy (non-hydrogen) atoms. The summed E-state index contributed by atoms with van der Waals surface area (Å²) in [5, 5.41) is 0. The molecule has 0 N–H and O–H groups in total. The van der Waals surface area contributed by atoms with Gasteiger partial charge in [0.2, 0.25) is 0 Å². The maximum atomic E-state index is 12.6. The Morgan fingerprint density at radius 2 is 1.22 bits per heavy atom. The van der Waals surface area contributed by atoms with Crippen molar-refractivity contribution >= 4 is 17.3 Å². The van der Waals surface area contributed by atoms with Crippen molar-refractivity contribution in [3.8, 4) is 0 Å². The van der Waals surface area contributed by atoms with Gasteiger partial charge >= 0.3 is 0 Å². The van der Waals surface area contributed by atoms with Crippen LogP contribution in [0.25, 0.3) is 0 Å². The van der Waals surface area contributed by atoms with Crippen LogP contribution >= 0.6 is 0 Å². The number of benzene rings is 2. The summed E-state index contributed by atoms with van der Waals surface area (Å²) in [6.07, 6.45) is 1.55. The summed E-state index contributed by atoms with van der Waals surface area (Å²) >= 11 is 0. The Morgan fingerprint density at radius 3 is 1.78 bits per heavy atom. The van der Waals surface area contributed by atoms with Gasteiger partial charge in [-0.15, -0.1) is 0 Å². The van der Waals surface area contributed by atoms with Gasteiger partial charge in [-0.2, -0.15) is 0 Å². The number of piperidine rings is 1. The lowest BCUT2D eigenvalue weighted by Gasteiger charge is -2.31. The molecule has 0 unspecified atom stereocenters. The van der Waals surface area contributed by atoms with Gasteiger partial charge in [0.1, 0.15) is 0 Å². The molecule has 3 nitrogen and oxygen atoms in total. The molecule has 1 heterocycles. The monoisotopic (exact) mass is 303 g/mol. The zero-order valence-electron chi connectivity index (χ0n) is 12.8. The summed E-state index contributed by atoms with van der Waals surface area (Å²) in [5.41, 5.74) is 3.77. The highest BCUT2D eigenvalue weighted by Gasteiger charge is 2.35. The number of carbonyl (C=O) groups excluding carboxylic acids is 2. The average molecular weight is 303 g/mol. The predicted octanol–water partition coefficient (Wildman–Crippen LogP) is 3.66. The van der Waals surface area contributed by atoms with Gasteiger partial charge in [0.25, 0.3) is 0 Å². The van der Waals surface area contributed by atoms with Crippen LogP contribution in [0.1, 0.15) is 33.6 Å². The van der Waals surface area contributed by atoms with Gasteiger partial charge in [-0.05, 0) is 25.0 Å². The first-order valence-corrected chi connectivity index (χ1v) is 7.96. The molecule has 2 aromatic rings. The quantitative estimate of drug-likeness (QED) is 0.596. The Kier molecular flexibility index (Phi) is 3.34. The van der Waals surface area contributed by atoms with Crippen LogP contribution in [0.5, 0.6) is 0 Å². The van der Waals surface area contributed by atoms with E-state index in [1.54, 1.807) is 12.1 Å². The second-order valence-corrected chi connectivity index (χ2v) is 6.00. The molecule has 2 aromatic carbocycles. The standard InChI is InChI=1S/C20H17NO2/c22-19-16-8-4-5-9-17(16)20(23)18(19)14-10-12-21(13-11-14)15-6-2-1-3-7-15/h1-9H,10-13H2. The number of hydrogen-bond acceptors (Lipinski definition) is 3. The third kappa shape index (κ3) is 2.29. The van der Waals surface area contributed by atoms with Crippen LogP contribution in [-0.2, 0) is 0 Å². The molecule has 3 heteroatoms. The maximum Gasteiger partial charge on any atom is 0.197 e. The fraction of sp³-hybridized carbons (Fsp3) is 0.200. The van der Waals surface area contributed by atoms with Crippen LogP contribution in [0.4, 0.5) is 5.69 Å². The molecular weight excluding hydrogens is 286 g/mol. The molecule has 1 aliphatic heterocycles. The van der Waals surface area contributed by atoms with E-state index in [4.69, 9.17) is 0 Å². The first-order valence-electron chi connectivity index (χ1n) is 7.96. The van der Waals surface area contributed by atoms with E-state index in [2.05, 4.69) is 17.0 Å². The number of allylic oxidation sites excluding steroid dienone is 1. The van der Waals surface area contributed by atoms with Crippen LogP contribution in [0.2, 0.25) is 0 Å². The van der Waals surface area contributed by atoms with Crippen molar-refractivity contribution in [2.24, 2.45) is 0 Å². The molecule has 0 spiro atoms. The zero-order valence-corrected chi connectivity index (χ0v) is 12.8. The van der Waals surface area contributed by atoms with Gasteiger partial charge in [-0.1, -0.05) is 48.0 Å². The highest BCUT2D eigenvalue weighted by molar-refractivity contribution is 6.39. The molecule has 1 aliphatic carbocycles. The van der Waals surface area contributed by atoms with E-state index in [1.165, 1.54) is 5.69 Å². The molecule has 114 valence electrons. The molecule has 0 atom stereocenters. The fourth-order valence-electron chi connectivity index (χ4n) is 3.50. The Morgan fingerprint density at radius 1 is 0.696 bits per heavy atom. The van der Waals surface area contributed by atoms with Crippen LogP contribution in [0, 0.1) is 0 Å². The van der Waals surface area contributed by atoms with E-state index < -0.39 is 0 Å². The lowest BCUT2D eigenvalue weighted by molar-refractivity contribution is 0.0986. The van der Waals surface area contributed by atoms with Crippen LogP contribution in [0.15, 0.2) is 65.7 Å². The van der Waals surface area contributed by atoms with Gasteiger partial charge in [-0.3, -0.25) is 9.59 Å². The van der Waals surface area contributed by atoms with E-state index in [-0.39, 0.29) is 11.6 Å². The Hall–Kier alpha value is -2.68. The number of Topliss-reactive ketones (excluding diaryl/α,β-unsaturated/α-hetero) is 2. The minimum Gasteiger partial charge on any atom is -0.371 e. The largest absolute Gasteiger partial charge is 0.371 e. The van der Waals surface area contributed by atoms with Crippen molar-refractivity contribution < 1.29 is 9.59 Å². The maximum absolute atomic E-state index is 12.6. The average Bonchev–Trinajstić information content (AvgIpc) is 2.87. The molecule has 0 radical (unpaired) electrons. The zero-order chi connectivity index (χ0) is 15.8. The number of para-hydroxylation sites is 1. The lowest BCUT2D eigenvalue weighted by atomic mass is 9.94. The number of fused-ring (bicyclic) bond motifs is 1. The molecule has 0 bridgehead atoms. The van der Waals surface area contributed by atoms with E-state index in [9.17, 15) is 9.59 Å². The minimum atomic E-state index is -0.0891. The van der Waals surface area contributed by atoms with E-state index >= 15 is 0 Å². The van der Waals surface area contributed by atoms with Crippen molar-refractivity contribution in [1.82, 2.24) is 0 Å².